The number of nitrogens with zero attached hydrogens (tertiary/aromatic N) is 1. The zero-order valence-electron chi connectivity index (χ0n) is 18.7. The van der Waals surface area contributed by atoms with Crippen molar-refractivity contribution in [2.75, 3.05) is 20.2 Å². The number of nitrogens with one attached hydrogen (secondary N) is 1. The first-order chi connectivity index (χ1) is 15.8. The van der Waals surface area contributed by atoms with E-state index in [1.807, 2.05) is 24.3 Å². The highest BCUT2D eigenvalue weighted by atomic mass is 16.5. The van der Waals surface area contributed by atoms with Crippen molar-refractivity contribution in [1.82, 2.24) is 10.2 Å². The molecule has 0 aromatic heterocycles. The van der Waals surface area contributed by atoms with Crippen LogP contribution in [0.4, 0.5) is 0 Å². The van der Waals surface area contributed by atoms with E-state index >= 15 is 0 Å². The van der Waals surface area contributed by atoms with E-state index in [1.54, 1.807) is 7.11 Å². The number of rotatable bonds is 8. The second kappa shape index (κ2) is 11.0. The van der Waals surface area contributed by atoms with E-state index in [0.717, 1.165) is 32.4 Å². The Morgan fingerprint density at radius 1 is 0.938 bits per heavy atom. The Labute approximate surface area is 191 Å². The predicted molar refractivity (Wildman–Crippen MR) is 129 cm³/mol. The van der Waals surface area contributed by atoms with E-state index in [2.05, 4.69) is 70.9 Å². The molecular weight excluding hydrogens is 396 g/mol. The van der Waals surface area contributed by atoms with Crippen LogP contribution in [0.3, 0.4) is 0 Å². The molecule has 0 bridgehead atoms. The Hall–Kier alpha value is -3.11. The molecule has 32 heavy (non-hydrogen) atoms. The van der Waals surface area contributed by atoms with Gasteiger partial charge >= 0.3 is 0 Å². The van der Waals surface area contributed by atoms with Gasteiger partial charge in [-0.2, -0.15) is 0 Å². The van der Waals surface area contributed by atoms with E-state index in [0.29, 0.717) is 17.2 Å². The summed E-state index contributed by atoms with van der Waals surface area (Å²) < 4.78 is 5.38. The molecule has 166 valence electrons. The number of amides is 1. The largest absolute Gasteiger partial charge is 0.496 e. The summed E-state index contributed by atoms with van der Waals surface area (Å²) in [6.45, 7) is 1.94. The summed E-state index contributed by atoms with van der Waals surface area (Å²) in [6.07, 6.45) is 4.33. The molecule has 1 amide bonds. The Kier molecular flexibility index (Phi) is 7.57. The van der Waals surface area contributed by atoms with Gasteiger partial charge in [0.25, 0.3) is 5.91 Å². The Balaban J connectivity index is 1.47. The maximum absolute atomic E-state index is 13.0. The number of hydrogen-bond donors (Lipinski definition) is 1. The van der Waals surface area contributed by atoms with Gasteiger partial charge in [0, 0.05) is 19.0 Å². The predicted octanol–water partition coefficient (Wildman–Crippen LogP) is 5.46. The molecule has 1 N–H and O–H groups in total. The molecule has 0 spiro atoms. The number of likely N-dealkylation sites (tertiary alicyclic amines) is 1. The van der Waals surface area contributed by atoms with Crippen LogP contribution in [-0.2, 0) is 0 Å². The van der Waals surface area contributed by atoms with Crippen LogP contribution >= 0.6 is 0 Å². The molecule has 1 unspecified atom stereocenters. The van der Waals surface area contributed by atoms with Crippen LogP contribution in [0.1, 0.15) is 53.1 Å². The molecule has 3 aromatic rings. The topological polar surface area (TPSA) is 41.6 Å². The summed E-state index contributed by atoms with van der Waals surface area (Å²) >= 11 is 0. The summed E-state index contributed by atoms with van der Waals surface area (Å²) in [5.74, 6) is 0.882. The molecule has 3 aromatic carbocycles. The summed E-state index contributed by atoms with van der Waals surface area (Å²) in [7, 11) is 1.60. The minimum absolute atomic E-state index is 0.0494. The molecule has 4 rings (SSSR count). The number of carbonyl (C=O) groups excluding carboxylic acids is 1. The van der Waals surface area contributed by atoms with Gasteiger partial charge in [-0.05, 0) is 48.9 Å². The van der Waals surface area contributed by atoms with Gasteiger partial charge in [-0.1, -0.05) is 72.8 Å². The first kappa shape index (κ1) is 22.1. The summed E-state index contributed by atoms with van der Waals surface area (Å²) in [5, 5.41) is 3.27. The molecular formula is C28H32N2O2. The van der Waals surface area contributed by atoms with E-state index in [9.17, 15) is 4.79 Å². The van der Waals surface area contributed by atoms with Gasteiger partial charge in [-0.3, -0.25) is 9.69 Å². The van der Waals surface area contributed by atoms with E-state index < -0.39 is 0 Å². The minimum atomic E-state index is -0.0676. The van der Waals surface area contributed by atoms with Crippen LogP contribution in [0.5, 0.6) is 5.75 Å². The summed E-state index contributed by atoms with van der Waals surface area (Å²) in [6, 6.07) is 28.9. The van der Waals surface area contributed by atoms with Crippen molar-refractivity contribution in [2.45, 2.75) is 37.8 Å². The second-order valence-electron chi connectivity index (χ2n) is 8.38. The van der Waals surface area contributed by atoms with Gasteiger partial charge in [0.05, 0.1) is 18.8 Å². The molecule has 1 aliphatic rings. The average molecular weight is 429 g/mol. The highest BCUT2D eigenvalue weighted by Crippen LogP contribution is 2.29. The molecule has 1 atom stereocenters. The Bertz CT molecular complexity index is 951. The fourth-order valence-electron chi connectivity index (χ4n) is 4.67. The van der Waals surface area contributed by atoms with Crippen LogP contribution in [0.15, 0.2) is 84.9 Å². The number of para-hydroxylation sites is 1. The smallest absolute Gasteiger partial charge is 0.256 e. The molecule has 1 saturated heterocycles. The van der Waals surface area contributed by atoms with E-state index in [1.165, 1.54) is 17.5 Å². The first-order valence-electron chi connectivity index (χ1n) is 11.5. The Morgan fingerprint density at radius 2 is 1.56 bits per heavy atom. The zero-order chi connectivity index (χ0) is 22.2. The highest BCUT2D eigenvalue weighted by molar-refractivity contribution is 5.97. The Morgan fingerprint density at radius 3 is 2.22 bits per heavy atom. The molecule has 1 fully saturated rings. The number of ether oxygens (including phenoxy) is 1. The lowest BCUT2D eigenvalue weighted by atomic mass is 9.88. The number of benzene rings is 3. The molecule has 0 saturated carbocycles. The van der Waals surface area contributed by atoms with Gasteiger partial charge in [0.1, 0.15) is 5.75 Å². The zero-order valence-corrected chi connectivity index (χ0v) is 18.7. The molecule has 1 heterocycles. The lowest BCUT2D eigenvalue weighted by Gasteiger charge is -2.37. The standard InChI is InChI=1S/C28H32N2O2/c1-32-26-17-9-8-16-25(26)28(31)29-27-18-10-11-20-30(27)21-19-24(22-12-4-2-5-13-22)23-14-6-3-7-15-23/h2-9,12-17,24,27H,10-11,18-21H2,1H3,(H,29,31). The SMILES string of the molecule is COc1ccccc1C(=O)NC1CCCCN1CCC(c1ccccc1)c1ccccc1. The van der Waals surface area contributed by atoms with Crippen LogP contribution in [0.25, 0.3) is 0 Å². The number of carbonyl (C=O) groups is 1. The van der Waals surface area contributed by atoms with Crippen molar-refractivity contribution in [2.24, 2.45) is 0 Å². The second-order valence-corrected chi connectivity index (χ2v) is 8.38. The van der Waals surface area contributed by atoms with Crippen molar-refractivity contribution in [3.8, 4) is 5.75 Å². The van der Waals surface area contributed by atoms with E-state index in [4.69, 9.17) is 4.74 Å². The van der Waals surface area contributed by atoms with Crippen molar-refractivity contribution < 1.29 is 9.53 Å². The van der Waals surface area contributed by atoms with Gasteiger partial charge < -0.3 is 10.1 Å². The van der Waals surface area contributed by atoms with E-state index in [-0.39, 0.29) is 12.1 Å². The lowest BCUT2D eigenvalue weighted by molar-refractivity contribution is 0.0766. The van der Waals surface area contributed by atoms with Gasteiger partial charge in [0.2, 0.25) is 0 Å². The third-order valence-electron chi connectivity index (χ3n) is 6.37. The monoisotopic (exact) mass is 428 g/mol. The number of hydrogen-bond acceptors (Lipinski definition) is 3. The maximum Gasteiger partial charge on any atom is 0.256 e. The van der Waals surface area contributed by atoms with Crippen molar-refractivity contribution >= 4 is 5.91 Å². The van der Waals surface area contributed by atoms with Gasteiger partial charge in [0.15, 0.2) is 0 Å². The lowest BCUT2D eigenvalue weighted by Crippen LogP contribution is -2.51. The quantitative estimate of drug-likeness (QED) is 0.518. The minimum Gasteiger partial charge on any atom is -0.496 e. The average Bonchev–Trinajstić information content (AvgIpc) is 2.86. The normalized spacial score (nSPS) is 16.6. The fraction of sp³-hybridized carbons (Fsp3) is 0.321. The van der Waals surface area contributed by atoms with Crippen LogP contribution in [0, 0.1) is 0 Å². The van der Waals surface area contributed by atoms with Gasteiger partial charge in [-0.15, -0.1) is 0 Å². The summed E-state index contributed by atoms with van der Waals surface area (Å²) in [4.78, 5) is 15.4. The van der Waals surface area contributed by atoms with Crippen molar-refractivity contribution in [1.29, 1.82) is 0 Å². The molecule has 4 heteroatoms. The third-order valence-corrected chi connectivity index (χ3v) is 6.37. The summed E-state index contributed by atoms with van der Waals surface area (Å²) in [5.41, 5.74) is 3.27. The number of piperidine rings is 1. The van der Waals surface area contributed by atoms with Crippen LogP contribution in [0.2, 0.25) is 0 Å². The molecule has 1 aliphatic heterocycles. The first-order valence-corrected chi connectivity index (χ1v) is 11.5. The highest BCUT2D eigenvalue weighted by Gasteiger charge is 2.26. The third kappa shape index (κ3) is 5.38. The van der Waals surface area contributed by atoms with Crippen LogP contribution in [-0.4, -0.2) is 37.2 Å². The molecule has 4 nitrogen and oxygen atoms in total. The fourth-order valence-corrected chi connectivity index (χ4v) is 4.67. The maximum atomic E-state index is 13.0. The molecule has 0 radical (unpaired) electrons. The van der Waals surface area contributed by atoms with Crippen LogP contribution < -0.4 is 10.1 Å². The van der Waals surface area contributed by atoms with Crippen molar-refractivity contribution in [3.63, 3.8) is 0 Å². The molecule has 0 aliphatic carbocycles. The van der Waals surface area contributed by atoms with Gasteiger partial charge in [-0.25, -0.2) is 0 Å². The number of methoxy groups -OCH3 is 1. The van der Waals surface area contributed by atoms with Crippen molar-refractivity contribution in [3.05, 3.63) is 102 Å².